The third-order valence-corrected chi connectivity index (χ3v) is 27.3. The monoisotopic (exact) mass is 1300 g/mol. The summed E-state index contributed by atoms with van der Waals surface area (Å²) in [7, 11) is -3.86. The molecule has 1 aliphatic heterocycles. The summed E-state index contributed by atoms with van der Waals surface area (Å²) in [6, 6.07) is 28.9. The fraction of sp³-hybridized carbons (Fsp3) is 0.514. The quantitative estimate of drug-likeness (QED) is 0.0168. The maximum Gasteiger partial charge on any atom is 0.329 e. The Morgan fingerprint density at radius 1 is 0.736 bits per heavy atom. The number of nitrogens with zero attached hydrogens (tertiary/aromatic N) is 1. The van der Waals surface area contributed by atoms with Crippen LogP contribution in [0.1, 0.15) is 132 Å². The summed E-state index contributed by atoms with van der Waals surface area (Å²) < 4.78 is 19.9. The van der Waals surface area contributed by atoms with Crippen molar-refractivity contribution in [1.29, 1.82) is 0 Å². The van der Waals surface area contributed by atoms with Gasteiger partial charge in [-0.3, -0.25) is 33.6 Å². The zero-order valence-electron chi connectivity index (χ0n) is 56.3. The molecule has 0 unspecified atom stereocenters. The van der Waals surface area contributed by atoms with Crippen LogP contribution in [0.25, 0.3) is 0 Å². The predicted octanol–water partition coefficient (Wildman–Crippen LogP) is 8.42. The van der Waals surface area contributed by atoms with Crippen molar-refractivity contribution in [2.24, 2.45) is 5.92 Å². The second-order valence-electron chi connectivity index (χ2n) is 26.5. The van der Waals surface area contributed by atoms with Crippen molar-refractivity contribution in [3.8, 4) is 5.75 Å². The number of esters is 1. The van der Waals surface area contributed by atoms with Crippen molar-refractivity contribution < 1.29 is 51.9 Å². The predicted molar refractivity (Wildman–Crippen MR) is 367 cm³/mol. The van der Waals surface area contributed by atoms with Crippen LogP contribution in [0, 0.1) is 5.92 Å². The van der Waals surface area contributed by atoms with Gasteiger partial charge in [0.1, 0.15) is 53.8 Å². The molecule has 496 valence electrons. The minimum Gasteiger partial charge on any atom is -0.534 e. The standard InChI is InChI=1S/C70H101N7O11SSi2/c1-16-18-22-37-59(78)71-56(42-44-89-13)64(81)76-61-48(5)87-68(85)60(47(3)4)75-65(82)58(46-50-38-40-51(41-39-50)88-91(70(9,10)11,52-32-25-20-26-33-52)53-34-27-21-28-35-53)77(12)67(84)57(45-49-30-23-19-24-31-49)74-63(80)55(73-62(79)54(17-2)72-66(61)83)36-29-43-86-90(14,15)69(6,7)8/h17,19-21,23-28,30-35,38-41,47-48,55-58,60-61H,16,18,22,29,36-37,42-46H2,1-15H3,(H,71,78)(H,72,83)(H,73,79)(H,74,80)(H,75,82)(H,76,81)/b54-17-/t48-,55+,56+,57+,58+,60+,61+/m1/s1. The van der Waals surface area contributed by atoms with Gasteiger partial charge in [0.2, 0.25) is 29.5 Å². The molecule has 0 saturated carbocycles. The average Bonchev–Trinajstić information content (AvgIpc) is 0.800. The van der Waals surface area contributed by atoms with Crippen LogP contribution in [0.3, 0.4) is 0 Å². The van der Waals surface area contributed by atoms with Crippen LogP contribution in [0.2, 0.25) is 23.2 Å². The van der Waals surface area contributed by atoms with Crippen molar-refractivity contribution >= 4 is 86.1 Å². The van der Waals surface area contributed by atoms with Crippen LogP contribution < -0.4 is 46.7 Å². The molecular weight excluding hydrogens is 1200 g/mol. The fourth-order valence-electron chi connectivity index (χ4n) is 10.7. The van der Waals surface area contributed by atoms with E-state index in [1.165, 1.54) is 43.6 Å². The molecule has 1 saturated heterocycles. The van der Waals surface area contributed by atoms with Gasteiger partial charge in [0, 0.05) is 32.9 Å². The molecule has 7 atom stereocenters. The van der Waals surface area contributed by atoms with E-state index in [2.05, 4.69) is 111 Å². The van der Waals surface area contributed by atoms with E-state index < -0.39 is 106 Å². The van der Waals surface area contributed by atoms with Crippen LogP contribution in [0.15, 0.2) is 127 Å². The molecule has 4 aromatic rings. The number of carbonyl (C=O) groups is 8. The third-order valence-electron chi connectivity index (χ3n) is 17.2. The van der Waals surface area contributed by atoms with E-state index in [-0.39, 0.29) is 60.4 Å². The number of unbranched alkanes of at least 4 members (excludes halogenated alkanes) is 2. The Morgan fingerprint density at radius 3 is 1.86 bits per heavy atom. The molecule has 0 aromatic heterocycles. The zero-order valence-corrected chi connectivity index (χ0v) is 59.1. The topological polar surface area (TPSA) is 240 Å². The average molecular weight is 1300 g/mol. The summed E-state index contributed by atoms with van der Waals surface area (Å²) in [4.78, 5) is 119. The molecule has 0 radical (unpaired) electrons. The van der Waals surface area contributed by atoms with Gasteiger partial charge in [-0.25, -0.2) is 4.79 Å². The van der Waals surface area contributed by atoms with Crippen molar-refractivity contribution in [3.63, 3.8) is 0 Å². The lowest BCUT2D eigenvalue weighted by molar-refractivity contribution is -0.157. The van der Waals surface area contributed by atoms with Crippen molar-refractivity contribution in [3.05, 3.63) is 138 Å². The van der Waals surface area contributed by atoms with Crippen LogP contribution in [-0.2, 0) is 60.4 Å². The van der Waals surface area contributed by atoms with Gasteiger partial charge in [0.25, 0.3) is 11.8 Å². The molecule has 0 aliphatic carbocycles. The second-order valence-corrected chi connectivity index (χ2v) is 36.5. The van der Waals surface area contributed by atoms with Crippen LogP contribution in [-0.4, -0.2) is 137 Å². The fourth-order valence-corrected chi connectivity index (χ4v) is 16.7. The summed E-state index contributed by atoms with van der Waals surface area (Å²) in [6.07, 6.45) is 4.69. The molecule has 1 heterocycles. The summed E-state index contributed by atoms with van der Waals surface area (Å²) in [6.45, 7) is 25.7. The molecule has 1 fully saturated rings. The normalized spacial score (nSPS) is 20.4. The Kier molecular flexibility index (Phi) is 28.3. The first kappa shape index (κ1) is 74.7. The minimum atomic E-state index is -3.07. The number of likely N-dealkylation sites (N-methyl/N-ethyl adjacent to an activating group) is 1. The van der Waals surface area contributed by atoms with E-state index in [0.29, 0.717) is 35.5 Å². The SMILES string of the molecule is C/C=C1\NC(=O)[C@@H](NC(=O)[C@H](CCSC)NC(=O)CCCCC)[C@@H](C)OC(=O)[C@H](C(C)C)NC(=O)[C@H](Cc2ccc(O[Si](c3ccccc3)(c3ccccc3)C(C)(C)C)cc2)N(C)C(=O)[C@H](Cc2ccccc2)NC(=O)[C@H](CCCO[Si](C)(C)C(C)(C)C)NC1=O. The number of hydrogen-bond acceptors (Lipinski definition) is 12. The van der Waals surface area contributed by atoms with Crippen molar-refractivity contribution in [2.75, 3.05) is 25.7 Å². The molecule has 1 aliphatic rings. The lowest BCUT2D eigenvalue weighted by atomic mass is 9.99. The maximum atomic E-state index is 15.5. The number of allylic oxidation sites excluding steroid dienone is 1. The Labute approximate surface area is 547 Å². The Morgan fingerprint density at radius 2 is 1.32 bits per heavy atom. The van der Waals surface area contributed by atoms with E-state index in [9.17, 15) is 24.0 Å². The molecule has 5 rings (SSSR count). The number of nitrogens with one attached hydrogen (secondary N) is 6. The first-order valence-electron chi connectivity index (χ1n) is 32.0. The lowest BCUT2D eigenvalue weighted by Gasteiger charge is -2.43. The first-order chi connectivity index (χ1) is 43.0. The highest BCUT2D eigenvalue weighted by atomic mass is 32.2. The first-order valence-corrected chi connectivity index (χ1v) is 38.2. The van der Waals surface area contributed by atoms with Gasteiger partial charge in [-0.05, 0) is 114 Å². The number of hydrogen-bond donors (Lipinski definition) is 6. The largest absolute Gasteiger partial charge is 0.534 e. The molecule has 21 heteroatoms. The second kappa shape index (κ2) is 34.5. The molecule has 7 amide bonds. The smallest absolute Gasteiger partial charge is 0.329 e. The molecule has 18 nitrogen and oxygen atoms in total. The van der Waals surface area contributed by atoms with Gasteiger partial charge in [-0.15, -0.1) is 0 Å². The third kappa shape index (κ3) is 21.0. The summed E-state index contributed by atoms with van der Waals surface area (Å²) >= 11 is 1.46. The molecule has 6 N–H and O–H groups in total. The Bertz CT molecular complexity index is 3050. The van der Waals surface area contributed by atoms with Crippen molar-refractivity contribution in [2.45, 2.75) is 199 Å². The molecule has 0 spiro atoms. The zero-order chi connectivity index (χ0) is 67.3. The summed E-state index contributed by atoms with van der Waals surface area (Å²) in [5.41, 5.74) is 1.03. The van der Waals surface area contributed by atoms with Crippen LogP contribution >= 0.6 is 11.8 Å². The molecular formula is C70H101N7O11SSi2. The highest BCUT2D eigenvalue weighted by Crippen LogP contribution is 2.38. The summed E-state index contributed by atoms with van der Waals surface area (Å²) in [5.74, 6) is -5.52. The van der Waals surface area contributed by atoms with E-state index >= 15 is 14.4 Å². The molecule has 91 heavy (non-hydrogen) atoms. The van der Waals surface area contributed by atoms with Gasteiger partial charge < -0.3 is 50.4 Å². The number of ether oxygens (including phenoxy) is 1. The van der Waals surface area contributed by atoms with Gasteiger partial charge >= 0.3 is 14.3 Å². The van der Waals surface area contributed by atoms with Crippen LogP contribution in [0.5, 0.6) is 5.75 Å². The van der Waals surface area contributed by atoms with E-state index in [4.69, 9.17) is 13.6 Å². The van der Waals surface area contributed by atoms with Gasteiger partial charge in [-0.1, -0.05) is 184 Å². The Balaban J connectivity index is 1.64. The van der Waals surface area contributed by atoms with Gasteiger partial charge in [-0.2, -0.15) is 11.8 Å². The number of thioether (sulfide) groups is 1. The molecule has 4 aromatic carbocycles. The summed E-state index contributed by atoms with van der Waals surface area (Å²) in [5, 5.41) is 18.5. The van der Waals surface area contributed by atoms with Gasteiger partial charge in [0.05, 0.1) is 0 Å². The van der Waals surface area contributed by atoms with E-state index in [0.717, 1.165) is 23.2 Å². The van der Waals surface area contributed by atoms with Gasteiger partial charge in [0.15, 0.2) is 8.32 Å². The maximum absolute atomic E-state index is 15.5. The minimum absolute atomic E-state index is 0.0175. The molecule has 0 bridgehead atoms. The highest BCUT2D eigenvalue weighted by molar-refractivity contribution is 7.98. The van der Waals surface area contributed by atoms with Crippen LogP contribution in [0.4, 0.5) is 0 Å². The van der Waals surface area contributed by atoms with Crippen molar-refractivity contribution in [1.82, 2.24) is 36.8 Å². The number of cyclic esters (lactones) is 1. The van der Waals surface area contributed by atoms with E-state index in [1.54, 1.807) is 13.8 Å². The highest BCUT2D eigenvalue weighted by Gasteiger charge is 2.52. The van der Waals surface area contributed by atoms with E-state index in [1.807, 2.05) is 104 Å². The number of benzene rings is 4. The number of amides is 7. The number of rotatable bonds is 24. The lowest BCUT2D eigenvalue weighted by Crippen LogP contribution is -2.68. The Hall–Kier alpha value is -7.08. The number of carbonyl (C=O) groups excluding carboxylic acids is 8.